The molecule has 150 valence electrons. The lowest BCUT2D eigenvalue weighted by atomic mass is 10.2. The molecule has 0 bridgehead atoms. The Labute approximate surface area is 162 Å². The van der Waals surface area contributed by atoms with Crippen LogP contribution in [0.1, 0.15) is 39.7 Å². The molecule has 0 saturated carbocycles. The van der Waals surface area contributed by atoms with Crippen LogP contribution in [-0.2, 0) is 11.3 Å². The van der Waals surface area contributed by atoms with Crippen LogP contribution < -0.4 is 15.4 Å². The molecule has 2 rings (SSSR count). The van der Waals surface area contributed by atoms with Crippen molar-refractivity contribution >= 4 is 12.1 Å². The quantitative estimate of drug-likeness (QED) is 0.610. The number of hydrogen-bond donors (Lipinski definition) is 2. The van der Waals surface area contributed by atoms with Gasteiger partial charge in [-0.2, -0.15) is 0 Å². The number of carbonyl (C=O) groups excluding carboxylic acids is 1. The van der Waals surface area contributed by atoms with Crippen molar-refractivity contribution in [1.29, 1.82) is 0 Å². The molecule has 7 heteroatoms. The highest BCUT2D eigenvalue weighted by Crippen LogP contribution is 2.18. The molecule has 1 aliphatic heterocycles. The van der Waals surface area contributed by atoms with Crippen LogP contribution in [0.3, 0.4) is 0 Å². The van der Waals surface area contributed by atoms with Crippen molar-refractivity contribution in [3.63, 3.8) is 0 Å². The van der Waals surface area contributed by atoms with E-state index in [9.17, 15) is 4.79 Å². The average molecular weight is 377 g/mol. The summed E-state index contributed by atoms with van der Waals surface area (Å²) in [5.41, 5.74) is 0.594. The number of nitrogens with zero attached hydrogens (tertiary/aromatic N) is 2. The van der Waals surface area contributed by atoms with Gasteiger partial charge in [0.15, 0.2) is 5.96 Å². The molecule has 1 fully saturated rings. The smallest absolute Gasteiger partial charge is 0.407 e. The molecule has 0 spiro atoms. The van der Waals surface area contributed by atoms with Gasteiger partial charge < -0.3 is 25.0 Å². The van der Waals surface area contributed by atoms with Crippen LogP contribution >= 0.6 is 0 Å². The average Bonchev–Trinajstić information content (AvgIpc) is 3.03. The zero-order chi connectivity index (χ0) is 19.9. The van der Waals surface area contributed by atoms with Gasteiger partial charge in [0.25, 0.3) is 0 Å². The molecule has 1 aliphatic rings. The van der Waals surface area contributed by atoms with Crippen LogP contribution in [0, 0.1) is 0 Å². The van der Waals surface area contributed by atoms with Crippen molar-refractivity contribution in [2.75, 3.05) is 26.7 Å². The Balaban J connectivity index is 1.87. The highest BCUT2D eigenvalue weighted by molar-refractivity contribution is 5.80. The number of benzene rings is 1. The molecule has 2 N–H and O–H groups in total. The lowest BCUT2D eigenvalue weighted by Gasteiger charge is -2.23. The molecule has 1 aromatic carbocycles. The lowest BCUT2D eigenvalue weighted by Crippen LogP contribution is -2.44. The van der Waals surface area contributed by atoms with Gasteiger partial charge in [0, 0.05) is 32.2 Å². The predicted octanol–water partition coefficient (Wildman–Crippen LogP) is 2.76. The topological polar surface area (TPSA) is 75.2 Å². The molecule has 1 atom stereocenters. The van der Waals surface area contributed by atoms with Gasteiger partial charge in [-0.25, -0.2) is 4.79 Å². The molecule has 0 aliphatic carbocycles. The third-order valence-electron chi connectivity index (χ3n) is 4.13. The van der Waals surface area contributed by atoms with E-state index in [2.05, 4.69) is 20.5 Å². The van der Waals surface area contributed by atoms with Gasteiger partial charge in [-0.15, -0.1) is 0 Å². The second-order valence-corrected chi connectivity index (χ2v) is 7.52. The first-order valence-electron chi connectivity index (χ1n) is 9.48. The van der Waals surface area contributed by atoms with Crippen LogP contribution in [0.25, 0.3) is 0 Å². The first-order chi connectivity index (χ1) is 12.8. The summed E-state index contributed by atoms with van der Waals surface area (Å²) in [4.78, 5) is 18.5. The highest BCUT2D eigenvalue weighted by Gasteiger charge is 2.27. The van der Waals surface area contributed by atoms with Crippen molar-refractivity contribution in [3.8, 4) is 5.75 Å². The second-order valence-electron chi connectivity index (χ2n) is 7.52. The second kappa shape index (κ2) is 9.48. The fraction of sp³-hybridized carbons (Fsp3) is 0.600. The fourth-order valence-corrected chi connectivity index (χ4v) is 3.00. The number of hydrogen-bond acceptors (Lipinski definition) is 4. The zero-order valence-electron chi connectivity index (χ0n) is 17.0. The van der Waals surface area contributed by atoms with Gasteiger partial charge in [-0.1, -0.05) is 18.2 Å². The van der Waals surface area contributed by atoms with Crippen molar-refractivity contribution in [2.45, 2.75) is 52.3 Å². The van der Waals surface area contributed by atoms with Gasteiger partial charge in [0.05, 0.1) is 12.6 Å². The van der Waals surface area contributed by atoms with Crippen LogP contribution in [0.2, 0.25) is 0 Å². The molecule has 27 heavy (non-hydrogen) atoms. The Morgan fingerprint density at radius 2 is 2.07 bits per heavy atom. The minimum Gasteiger partial charge on any atom is -0.494 e. The third-order valence-corrected chi connectivity index (χ3v) is 4.13. The molecule has 0 aromatic heterocycles. The molecular formula is C20H32N4O3. The van der Waals surface area contributed by atoms with E-state index < -0.39 is 5.60 Å². The summed E-state index contributed by atoms with van der Waals surface area (Å²) in [5, 5.41) is 6.33. The normalized spacial score (nSPS) is 17.6. The van der Waals surface area contributed by atoms with E-state index in [1.54, 1.807) is 7.05 Å². The molecule has 1 unspecified atom stereocenters. The number of aliphatic imine (C=N–C) groups is 1. The molecule has 1 heterocycles. The Bertz CT molecular complexity index is 655. The number of para-hydroxylation sites is 1. The summed E-state index contributed by atoms with van der Waals surface area (Å²) in [6, 6.07) is 8.03. The van der Waals surface area contributed by atoms with Crippen LogP contribution in [0.4, 0.5) is 4.79 Å². The fourth-order valence-electron chi connectivity index (χ4n) is 3.00. The maximum atomic E-state index is 12.0. The van der Waals surface area contributed by atoms with E-state index in [-0.39, 0.29) is 12.1 Å². The van der Waals surface area contributed by atoms with Gasteiger partial charge in [-0.3, -0.25) is 4.99 Å². The van der Waals surface area contributed by atoms with E-state index in [4.69, 9.17) is 9.47 Å². The van der Waals surface area contributed by atoms with Crippen molar-refractivity contribution in [1.82, 2.24) is 15.5 Å². The van der Waals surface area contributed by atoms with Crippen LogP contribution in [-0.4, -0.2) is 55.3 Å². The van der Waals surface area contributed by atoms with Crippen LogP contribution in [0.5, 0.6) is 5.75 Å². The Kier molecular flexibility index (Phi) is 7.33. The van der Waals surface area contributed by atoms with E-state index in [1.807, 2.05) is 52.0 Å². The molecule has 7 nitrogen and oxygen atoms in total. The number of ether oxygens (including phenoxy) is 2. The zero-order valence-corrected chi connectivity index (χ0v) is 17.0. The number of rotatable bonds is 5. The number of nitrogens with one attached hydrogen (secondary N) is 2. The first-order valence-corrected chi connectivity index (χ1v) is 9.48. The lowest BCUT2D eigenvalue weighted by molar-refractivity contribution is 0.0507. The maximum Gasteiger partial charge on any atom is 0.407 e. The molecule has 1 amide bonds. The Hall–Kier alpha value is -2.44. The SMILES string of the molecule is CCOc1ccccc1CNC(=NC)N1CCC(NC(=O)OC(C)(C)C)C1. The van der Waals surface area contributed by atoms with Gasteiger partial charge in [0.2, 0.25) is 0 Å². The van der Waals surface area contributed by atoms with Crippen molar-refractivity contribution < 1.29 is 14.3 Å². The summed E-state index contributed by atoms with van der Waals surface area (Å²) in [6.45, 7) is 10.3. The van der Waals surface area contributed by atoms with E-state index in [0.29, 0.717) is 19.7 Å². The summed E-state index contributed by atoms with van der Waals surface area (Å²) in [7, 11) is 1.77. The highest BCUT2D eigenvalue weighted by atomic mass is 16.6. The number of likely N-dealkylation sites (tertiary alicyclic amines) is 1. The summed E-state index contributed by atoms with van der Waals surface area (Å²) in [6.07, 6.45) is 0.484. The minimum atomic E-state index is -0.492. The Morgan fingerprint density at radius 1 is 1.33 bits per heavy atom. The molecule has 1 aromatic rings. The summed E-state index contributed by atoms with van der Waals surface area (Å²) < 4.78 is 11.0. The summed E-state index contributed by atoms with van der Waals surface area (Å²) >= 11 is 0. The molecule has 1 saturated heterocycles. The van der Waals surface area contributed by atoms with E-state index in [1.165, 1.54) is 0 Å². The van der Waals surface area contributed by atoms with E-state index >= 15 is 0 Å². The minimum absolute atomic E-state index is 0.0501. The first kappa shape index (κ1) is 20.9. The van der Waals surface area contributed by atoms with Crippen molar-refractivity contribution in [2.24, 2.45) is 4.99 Å². The number of alkyl carbamates (subject to hydrolysis) is 1. The number of amides is 1. The van der Waals surface area contributed by atoms with Crippen LogP contribution in [0.15, 0.2) is 29.3 Å². The monoisotopic (exact) mass is 376 g/mol. The van der Waals surface area contributed by atoms with Crippen molar-refractivity contribution in [3.05, 3.63) is 29.8 Å². The Morgan fingerprint density at radius 3 is 2.74 bits per heavy atom. The van der Waals surface area contributed by atoms with E-state index in [0.717, 1.165) is 30.2 Å². The third kappa shape index (κ3) is 6.66. The number of guanidine groups is 1. The van der Waals surface area contributed by atoms with Gasteiger partial charge in [0.1, 0.15) is 11.4 Å². The maximum absolute atomic E-state index is 12.0. The standard InChI is InChI=1S/C20H32N4O3/c1-6-26-17-10-8-7-9-15(17)13-22-18(21-5)24-12-11-16(14-24)23-19(25)27-20(2,3)4/h7-10,16H,6,11-14H2,1-5H3,(H,21,22)(H,23,25). The molecular weight excluding hydrogens is 344 g/mol. The van der Waals surface area contributed by atoms with Gasteiger partial charge >= 0.3 is 6.09 Å². The molecule has 0 radical (unpaired) electrons. The van der Waals surface area contributed by atoms with Gasteiger partial charge in [-0.05, 0) is 40.2 Å². The summed E-state index contributed by atoms with van der Waals surface area (Å²) in [5.74, 6) is 1.70. The largest absolute Gasteiger partial charge is 0.494 e. The predicted molar refractivity (Wildman–Crippen MR) is 107 cm³/mol. The number of carbonyl (C=O) groups is 1.